The number of aliphatic hydroxyl groups excluding tert-OH is 3. The van der Waals surface area contributed by atoms with Gasteiger partial charge in [-0.2, -0.15) is 9.29 Å². The molecule has 0 amide bonds. The molecule has 0 bridgehead atoms. The summed E-state index contributed by atoms with van der Waals surface area (Å²) in [5, 5.41) is 31.0. The third kappa shape index (κ3) is 9.28. The van der Waals surface area contributed by atoms with Crippen LogP contribution in [0.3, 0.4) is 0 Å². The Morgan fingerprint density at radius 2 is 1.62 bits per heavy atom. The molecule has 270 valence electrons. The molecule has 0 aliphatic carbocycles. The lowest BCUT2D eigenvalue weighted by Gasteiger charge is -2.32. The first kappa shape index (κ1) is 38.5. The molecule has 26 nitrogen and oxygen atoms in total. The maximum Gasteiger partial charge on any atom is 0.488 e. The van der Waals surface area contributed by atoms with E-state index in [-0.39, 0.29) is 12.2 Å². The van der Waals surface area contributed by atoms with Crippen molar-refractivity contribution in [2.75, 3.05) is 12.3 Å². The standard InChI is InChI=1S/C18H27N5O21P4/c19-9-1-3-22(17(28)20-9)11-5-7(24)8(40-11)6-39-47(35,36)44-48(37,38)43-45(30,31)16(42-46(32,33)34)14-12(26)13(27)15(41-14)23-4-2-10(25)21-18(23)29/h1-4,7-8,11-16,24,26-27H,5-6H2,(H,30,31)(H,35,36)(H,37,38)(H2,19,20,28)(H,21,25,29)(H2,32,33,34)/p-1/t7-,8?,11+,12-,13+,14+,15+,16?/m0/s1. The Morgan fingerprint density at radius 1 is 0.979 bits per heavy atom. The lowest BCUT2D eigenvalue weighted by atomic mass is 10.1. The van der Waals surface area contributed by atoms with Crippen molar-refractivity contribution >= 4 is 36.9 Å². The third-order valence-corrected chi connectivity index (χ3v) is 12.0. The van der Waals surface area contributed by atoms with E-state index in [9.17, 15) is 72.4 Å². The monoisotopic (exact) mass is 772 g/mol. The van der Waals surface area contributed by atoms with Gasteiger partial charge in [-0.05, 0) is 6.07 Å². The van der Waals surface area contributed by atoms with E-state index in [1.54, 1.807) is 4.98 Å². The van der Waals surface area contributed by atoms with E-state index in [1.165, 1.54) is 12.3 Å². The molecular weight excluding hydrogens is 746 g/mol. The van der Waals surface area contributed by atoms with Crippen LogP contribution in [0.15, 0.2) is 38.9 Å². The third-order valence-electron chi connectivity index (χ3n) is 6.44. The second-order valence-electron chi connectivity index (χ2n) is 9.89. The second kappa shape index (κ2) is 14.2. The van der Waals surface area contributed by atoms with Gasteiger partial charge in [0.1, 0.15) is 36.5 Å². The van der Waals surface area contributed by atoms with Crippen LogP contribution in [0, 0.1) is 0 Å². The fourth-order valence-corrected chi connectivity index (χ4v) is 9.79. The number of nitrogens with two attached hydrogens (primary N) is 1. The zero-order valence-electron chi connectivity index (χ0n) is 23.4. The highest BCUT2D eigenvalue weighted by molar-refractivity contribution is 7.68. The normalized spacial score (nSPS) is 31.7. The molecule has 12 atom stereocenters. The molecule has 0 radical (unpaired) electrons. The summed E-state index contributed by atoms with van der Waals surface area (Å²) in [7, 11) is -24.6. The van der Waals surface area contributed by atoms with E-state index in [0.717, 1.165) is 16.8 Å². The van der Waals surface area contributed by atoms with Crippen LogP contribution in [0.25, 0.3) is 0 Å². The molecule has 48 heavy (non-hydrogen) atoms. The number of ether oxygens (including phenoxy) is 2. The summed E-state index contributed by atoms with van der Waals surface area (Å²) >= 11 is 0. The van der Waals surface area contributed by atoms with Crippen molar-refractivity contribution < 1.29 is 85.2 Å². The van der Waals surface area contributed by atoms with E-state index >= 15 is 0 Å². The van der Waals surface area contributed by atoms with Crippen LogP contribution in [0.2, 0.25) is 0 Å². The van der Waals surface area contributed by atoms with Gasteiger partial charge in [0, 0.05) is 24.9 Å². The van der Waals surface area contributed by atoms with E-state index in [2.05, 4.69) is 22.7 Å². The van der Waals surface area contributed by atoms with Crippen LogP contribution in [-0.2, 0) is 45.4 Å². The molecule has 6 unspecified atom stereocenters. The zero-order chi connectivity index (χ0) is 36.0. The van der Waals surface area contributed by atoms with Crippen molar-refractivity contribution in [2.45, 2.75) is 55.2 Å². The molecule has 2 fully saturated rings. The minimum Gasteiger partial charge on any atom is -0.756 e. The summed E-state index contributed by atoms with van der Waals surface area (Å²) in [6.07, 6.45) is -11.9. The number of aliphatic hydroxyl groups is 3. The molecule has 30 heteroatoms. The highest BCUT2D eigenvalue weighted by Gasteiger charge is 2.57. The molecule has 2 aromatic rings. The van der Waals surface area contributed by atoms with Crippen molar-refractivity contribution in [3.8, 4) is 0 Å². The lowest BCUT2D eigenvalue weighted by molar-refractivity contribution is -0.226. The van der Waals surface area contributed by atoms with Crippen molar-refractivity contribution in [1.29, 1.82) is 0 Å². The quantitative estimate of drug-likeness (QED) is 0.0873. The smallest absolute Gasteiger partial charge is 0.488 e. The first-order valence-corrected chi connectivity index (χ1v) is 18.9. The number of phosphoric ester groups is 2. The SMILES string of the molecule is Nc1ccn([C@H]2C[C@H](O)C(COP(=O)(O)OP(=O)(O)OP(=O)(O)C(OP(=O)([O-])O)[C@@H]3O[C@@H](n4ccc(=O)[nH]c4=O)[C@H](O)[C@@H]3O)O2)c(=O)n1. The van der Waals surface area contributed by atoms with Gasteiger partial charge < -0.3 is 55.0 Å². The summed E-state index contributed by atoms with van der Waals surface area (Å²) in [5.41, 5.74) is 2.35. The molecular formula is C18H26N5O21P4-. The molecule has 10 N–H and O–H groups in total. The van der Waals surface area contributed by atoms with E-state index < -0.39 is 103 Å². The number of anilines is 1. The van der Waals surface area contributed by atoms with Crippen LogP contribution in [-0.4, -0.2) is 97.0 Å². The minimum absolute atomic E-state index is 0.121. The molecule has 0 saturated carbocycles. The summed E-state index contributed by atoms with van der Waals surface area (Å²) < 4.78 is 77.8. The molecule has 2 aliphatic heterocycles. The van der Waals surface area contributed by atoms with Crippen LogP contribution < -0.4 is 27.6 Å². The van der Waals surface area contributed by atoms with Gasteiger partial charge in [-0.1, -0.05) is 0 Å². The number of nitrogens with zero attached hydrogens (tertiary/aromatic N) is 3. The van der Waals surface area contributed by atoms with Crippen molar-refractivity contribution in [2.24, 2.45) is 0 Å². The Bertz CT molecular complexity index is 1880. The Morgan fingerprint density at radius 3 is 2.23 bits per heavy atom. The van der Waals surface area contributed by atoms with Gasteiger partial charge in [0.2, 0.25) is 0 Å². The summed E-state index contributed by atoms with van der Waals surface area (Å²) in [6.45, 7) is -1.07. The van der Waals surface area contributed by atoms with Crippen LogP contribution in [0.5, 0.6) is 0 Å². The van der Waals surface area contributed by atoms with Gasteiger partial charge in [0.15, 0.2) is 12.1 Å². The Kier molecular flexibility index (Phi) is 11.4. The van der Waals surface area contributed by atoms with Crippen molar-refractivity contribution in [3.63, 3.8) is 0 Å². The number of aromatic nitrogens is 4. The molecule has 2 aliphatic rings. The van der Waals surface area contributed by atoms with Gasteiger partial charge in [-0.25, -0.2) is 23.0 Å². The Balaban J connectivity index is 1.47. The predicted molar refractivity (Wildman–Crippen MR) is 147 cm³/mol. The fourth-order valence-electron chi connectivity index (χ4n) is 4.43. The highest BCUT2D eigenvalue weighted by Crippen LogP contribution is 2.70. The average molecular weight is 772 g/mol. The second-order valence-corrected chi connectivity index (χ2v) is 16.1. The highest BCUT2D eigenvalue weighted by atomic mass is 31.3. The van der Waals surface area contributed by atoms with Crippen molar-refractivity contribution in [3.05, 3.63) is 55.8 Å². The summed E-state index contributed by atoms with van der Waals surface area (Å²) in [5.74, 6) is -3.36. The maximum atomic E-state index is 13.0. The average Bonchev–Trinajstić information content (AvgIpc) is 3.43. The molecule has 2 saturated heterocycles. The van der Waals surface area contributed by atoms with Crippen molar-refractivity contribution in [1.82, 2.24) is 19.1 Å². The first-order chi connectivity index (χ1) is 22.0. The van der Waals surface area contributed by atoms with E-state index in [4.69, 9.17) is 15.2 Å². The number of aromatic amines is 1. The lowest BCUT2D eigenvalue weighted by Crippen LogP contribution is -2.40. The fraction of sp³-hybridized carbons (Fsp3) is 0.556. The number of rotatable bonds is 13. The molecule has 4 heterocycles. The number of phosphoric acid groups is 3. The number of H-pyrrole nitrogens is 1. The van der Waals surface area contributed by atoms with Gasteiger partial charge in [-0.3, -0.25) is 37.1 Å². The van der Waals surface area contributed by atoms with Crippen LogP contribution >= 0.6 is 31.1 Å². The Labute approximate surface area is 264 Å². The summed E-state index contributed by atoms with van der Waals surface area (Å²) in [6, 6.07) is 1.98. The van der Waals surface area contributed by atoms with E-state index in [0.29, 0.717) is 4.57 Å². The minimum atomic E-state index is -6.33. The largest absolute Gasteiger partial charge is 0.756 e. The molecule has 0 spiro atoms. The van der Waals surface area contributed by atoms with Gasteiger partial charge in [-0.15, -0.1) is 0 Å². The van der Waals surface area contributed by atoms with Crippen LogP contribution in [0.4, 0.5) is 5.82 Å². The topological polar surface area (TPSA) is 404 Å². The zero-order valence-corrected chi connectivity index (χ0v) is 27.0. The number of hydrogen-bond acceptors (Lipinski definition) is 19. The van der Waals surface area contributed by atoms with Gasteiger partial charge in [0.05, 0.1) is 12.7 Å². The van der Waals surface area contributed by atoms with Crippen LogP contribution in [0.1, 0.15) is 18.9 Å². The maximum absolute atomic E-state index is 13.0. The first-order valence-electron chi connectivity index (χ1n) is 12.8. The summed E-state index contributed by atoms with van der Waals surface area (Å²) in [4.78, 5) is 91.8. The molecule has 2 aromatic heterocycles. The number of nitrogen functional groups attached to an aromatic ring is 1. The van der Waals surface area contributed by atoms with E-state index in [1.807, 2.05) is 0 Å². The van der Waals surface area contributed by atoms with Gasteiger partial charge >= 0.3 is 34.6 Å². The Hall–Kier alpha value is -2.28. The van der Waals surface area contributed by atoms with Gasteiger partial charge in [0.25, 0.3) is 13.4 Å². The number of nitrogens with one attached hydrogen (secondary N) is 1. The molecule has 4 rings (SSSR count). The predicted octanol–water partition coefficient (Wildman–Crippen LogP) is -4.12. The molecule has 0 aromatic carbocycles. The number of hydrogen-bond donors (Lipinski definition) is 9.